The Kier molecular flexibility index (Phi) is 15.9. The molecule has 0 fully saturated rings. The molecule has 0 aromatic heterocycles. The highest BCUT2D eigenvalue weighted by atomic mass is 16.9. The van der Waals surface area contributed by atoms with Gasteiger partial charge in [-0.05, 0) is 48.5 Å². The normalized spacial score (nSPS) is 17.2. The van der Waals surface area contributed by atoms with Crippen LogP contribution in [0.1, 0.15) is 54.9 Å². The summed E-state index contributed by atoms with van der Waals surface area (Å²) in [5.74, 6) is -10.9. The number of ether oxygens (including phenoxy) is 9. The topological polar surface area (TPSA) is 158 Å². The average Bonchev–Trinajstić information content (AvgIpc) is 2.84. The Morgan fingerprint density at radius 1 is 0.649 bits per heavy atom. The molecular weight excluding hydrogens is 496 g/mol. The molecule has 13 heteroatoms. The minimum absolute atomic E-state index is 0.0355. The molecule has 0 spiro atoms. The smallest absolute Gasteiger partial charge is 0.342 e. The van der Waals surface area contributed by atoms with Crippen LogP contribution in [0.15, 0.2) is 0 Å². The minimum Gasteiger partial charge on any atom is -0.481 e. The maximum atomic E-state index is 13.6. The van der Waals surface area contributed by atoms with Crippen molar-refractivity contribution in [1.82, 2.24) is 0 Å². The van der Waals surface area contributed by atoms with Crippen molar-refractivity contribution >= 4 is 11.9 Å². The number of hydrogen-bond donors (Lipinski definition) is 2. The zero-order valence-corrected chi connectivity index (χ0v) is 23.6. The molecule has 0 aromatic rings. The van der Waals surface area contributed by atoms with Crippen LogP contribution in [0.5, 0.6) is 0 Å². The lowest BCUT2D eigenvalue weighted by Gasteiger charge is -2.59. The quantitative estimate of drug-likeness (QED) is 0.182. The lowest BCUT2D eigenvalue weighted by atomic mass is 9.66. The van der Waals surface area contributed by atoms with Gasteiger partial charge in [0.1, 0.15) is 0 Å². The molecule has 220 valence electrons. The Labute approximate surface area is 219 Å². The van der Waals surface area contributed by atoms with E-state index in [-0.39, 0.29) is 46.2 Å². The van der Waals surface area contributed by atoms with E-state index in [1.807, 2.05) is 0 Å². The highest BCUT2D eigenvalue weighted by molar-refractivity contribution is 5.84. The zero-order chi connectivity index (χ0) is 28.8. The lowest BCUT2D eigenvalue weighted by molar-refractivity contribution is -0.538. The average molecular weight is 543 g/mol. The summed E-state index contributed by atoms with van der Waals surface area (Å²) in [5, 5.41) is 21.2. The third-order valence-electron chi connectivity index (χ3n) is 5.59. The first-order valence-electron chi connectivity index (χ1n) is 12.5. The van der Waals surface area contributed by atoms with Gasteiger partial charge in [-0.15, -0.1) is 0 Å². The Balaban J connectivity index is 8.35. The summed E-state index contributed by atoms with van der Waals surface area (Å²) in [5.41, 5.74) is -2.84. The van der Waals surface area contributed by atoms with Crippen molar-refractivity contribution in [2.24, 2.45) is 5.41 Å². The summed E-state index contributed by atoms with van der Waals surface area (Å²) in [7, 11) is 2.28. The lowest BCUT2D eigenvalue weighted by Crippen LogP contribution is -2.81. The Morgan fingerprint density at radius 3 is 1.35 bits per heavy atom. The minimum atomic E-state index is -2.84. The second kappa shape index (κ2) is 16.5. The largest absolute Gasteiger partial charge is 0.481 e. The summed E-state index contributed by atoms with van der Waals surface area (Å²) in [6.45, 7) is 10.9. The van der Waals surface area contributed by atoms with Crippen LogP contribution in [0.3, 0.4) is 0 Å². The van der Waals surface area contributed by atoms with Crippen LogP contribution in [0.25, 0.3) is 0 Å². The van der Waals surface area contributed by atoms with Gasteiger partial charge >= 0.3 is 17.9 Å². The van der Waals surface area contributed by atoms with E-state index >= 15 is 0 Å². The second-order valence-corrected chi connectivity index (χ2v) is 7.44. The van der Waals surface area contributed by atoms with Gasteiger partial charge < -0.3 is 52.8 Å². The van der Waals surface area contributed by atoms with Crippen molar-refractivity contribution in [3.8, 4) is 0 Å². The van der Waals surface area contributed by atoms with Gasteiger partial charge in [-0.3, -0.25) is 9.59 Å². The summed E-state index contributed by atoms with van der Waals surface area (Å²) < 4.78 is 53.1. The molecule has 0 amide bonds. The standard InChI is InChI=1S/C24H46O13/c1-10-31-20(32-11-2)22(29-8,33-12-3)21(19(27)28,17-18(25)26)23(30-9,34-13-4)24(35-14-5,36-15-6)37-16-7/h20H,10-17H2,1-9H3,(H,25,26)(H,27,28). The fraction of sp³-hybridized carbons (Fsp3) is 0.917. The molecule has 0 radical (unpaired) electrons. The molecule has 0 bridgehead atoms. The maximum absolute atomic E-state index is 13.6. The van der Waals surface area contributed by atoms with Gasteiger partial charge in [0, 0.05) is 60.5 Å². The third kappa shape index (κ3) is 6.60. The van der Waals surface area contributed by atoms with E-state index in [4.69, 9.17) is 42.6 Å². The van der Waals surface area contributed by atoms with E-state index in [0.29, 0.717) is 0 Å². The summed E-state index contributed by atoms with van der Waals surface area (Å²) in [6.07, 6.45) is -2.74. The highest BCUT2D eigenvalue weighted by Crippen LogP contribution is 2.57. The molecule has 0 rings (SSSR count). The van der Waals surface area contributed by atoms with Crippen molar-refractivity contribution in [3.05, 3.63) is 0 Å². The van der Waals surface area contributed by atoms with E-state index < -0.39 is 47.6 Å². The van der Waals surface area contributed by atoms with E-state index in [0.717, 1.165) is 14.2 Å². The molecule has 3 atom stereocenters. The molecule has 0 aromatic carbocycles. The van der Waals surface area contributed by atoms with Gasteiger partial charge in [-0.2, -0.15) is 0 Å². The first kappa shape index (κ1) is 35.6. The van der Waals surface area contributed by atoms with Crippen molar-refractivity contribution in [1.29, 1.82) is 0 Å². The van der Waals surface area contributed by atoms with E-state index in [1.54, 1.807) is 48.5 Å². The number of carboxylic acids is 2. The van der Waals surface area contributed by atoms with Crippen molar-refractivity contribution < 1.29 is 62.4 Å². The van der Waals surface area contributed by atoms with E-state index in [9.17, 15) is 19.8 Å². The van der Waals surface area contributed by atoms with Crippen LogP contribution in [0.2, 0.25) is 0 Å². The summed E-state index contributed by atoms with van der Waals surface area (Å²) >= 11 is 0. The molecule has 37 heavy (non-hydrogen) atoms. The zero-order valence-electron chi connectivity index (χ0n) is 23.6. The van der Waals surface area contributed by atoms with Crippen LogP contribution in [-0.2, 0) is 52.2 Å². The van der Waals surface area contributed by atoms with E-state index in [2.05, 4.69) is 0 Å². The molecular formula is C24H46O13. The van der Waals surface area contributed by atoms with Crippen LogP contribution in [-0.4, -0.2) is 106 Å². The van der Waals surface area contributed by atoms with Crippen molar-refractivity contribution in [3.63, 3.8) is 0 Å². The predicted molar refractivity (Wildman–Crippen MR) is 130 cm³/mol. The van der Waals surface area contributed by atoms with Gasteiger partial charge in [-0.1, -0.05) is 0 Å². The van der Waals surface area contributed by atoms with Gasteiger partial charge in [0.2, 0.25) is 12.1 Å². The fourth-order valence-electron chi connectivity index (χ4n) is 4.58. The number of carbonyl (C=O) groups is 2. The fourth-order valence-corrected chi connectivity index (χ4v) is 4.58. The molecule has 3 unspecified atom stereocenters. The van der Waals surface area contributed by atoms with Crippen LogP contribution in [0.4, 0.5) is 0 Å². The second-order valence-electron chi connectivity index (χ2n) is 7.44. The Morgan fingerprint density at radius 2 is 1.08 bits per heavy atom. The van der Waals surface area contributed by atoms with E-state index in [1.165, 1.54) is 0 Å². The molecule has 0 heterocycles. The van der Waals surface area contributed by atoms with Gasteiger partial charge in [0.25, 0.3) is 5.79 Å². The summed E-state index contributed by atoms with van der Waals surface area (Å²) in [6, 6.07) is 0. The van der Waals surface area contributed by atoms with Crippen molar-refractivity contribution in [2.75, 3.05) is 60.5 Å². The maximum Gasteiger partial charge on any atom is 0.342 e. The SMILES string of the molecule is CCOC(OCC)C(OC)(OCC)C(CC(=O)O)(C(=O)O)C(OC)(OCC)C(OCC)(OCC)OCC. The highest BCUT2D eigenvalue weighted by Gasteiger charge is 2.83. The van der Waals surface area contributed by atoms with Crippen LogP contribution < -0.4 is 0 Å². The van der Waals surface area contributed by atoms with Crippen LogP contribution >= 0.6 is 0 Å². The molecule has 2 N–H and O–H groups in total. The Hall–Kier alpha value is -1.42. The summed E-state index contributed by atoms with van der Waals surface area (Å²) in [4.78, 5) is 26.1. The molecule has 13 nitrogen and oxygen atoms in total. The first-order valence-corrected chi connectivity index (χ1v) is 12.5. The number of rotatable bonds is 23. The first-order chi connectivity index (χ1) is 17.6. The molecule has 0 aliphatic carbocycles. The number of methoxy groups -OCH3 is 2. The van der Waals surface area contributed by atoms with Crippen LogP contribution in [0, 0.1) is 5.41 Å². The predicted octanol–water partition coefficient (Wildman–Crippen LogP) is 2.45. The number of hydrogen-bond acceptors (Lipinski definition) is 11. The molecule has 0 saturated heterocycles. The van der Waals surface area contributed by atoms with Gasteiger partial charge in [0.05, 0.1) is 6.42 Å². The molecule has 0 saturated carbocycles. The van der Waals surface area contributed by atoms with Gasteiger partial charge in [0.15, 0.2) is 5.41 Å². The molecule has 0 aliphatic heterocycles. The number of aliphatic carboxylic acids is 2. The monoisotopic (exact) mass is 542 g/mol. The Bertz CT molecular complexity index is 652. The van der Waals surface area contributed by atoms with Gasteiger partial charge in [-0.25, -0.2) is 0 Å². The number of carboxylic acid groups (broad SMARTS) is 2. The van der Waals surface area contributed by atoms with Crippen molar-refractivity contribution in [2.45, 2.75) is 78.7 Å². The third-order valence-corrected chi connectivity index (χ3v) is 5.59. The molecule has 0 aliphatic rings.